The van der Waals surface area contributed by atoms with Gasteiger partial charge in [-0.05, 0) is 95.7 Å². The van der Waals surface area contributed by atoms with Crippen molar-refractivity contribution in [1.29, 1.82) is 0 Å². The highest BCUT2D eigenvalue weighted by molar-refractivity contribution is 6.34. The molecule has 2 atom stereocenters. The third-order valence-electron chi connectivity index (χ3n) is 15.0. The summed E-state index contributed by atoms with van der Waals surface area (Å²) in [4.78, 5) is 84.9. The molecule has 4 aromatic heterocycles. The molecule has 6 aromatic rings. The number of rotatable bonds is 12. The van der Waals surface area contributed by atoms with Gasteiger partial charge in [0.1, 0.15) is 42.4 Å². The van der Waals surface area contributed by atoms with Crippen LogP contribution in [0.2, 0.25) is 10.0 Å². The highest BCUT2D eigenvalue weighted by atomic mass is 35.5. The molecule has 4 fully saturated rings. The van der Waals surface area contributed by atoms with E-state index in [-0.39, 0.29) is 108 Å². The number of amides is 3. The van der Waals surface area contributed by atoms with E-state index < -0.39 is 64.9 Å². The third-order valence-corrected chi connectivity index (χ3v) is 15.6. The average Bonchev–Trinajstić information content (AvgIpc) is 1.72. The van der Waals surface area contributed by atoms with Crippen LogP contribution in [0.3, 0.4) is 0 Å². The summed E-state index contributed by atoms with van der Waals surface area (Å²) in [6.45, 7) is 13.1. The summed E-state index contributed by atoms with van der Waals surface area (Å²) >= 11 is 12.1. The number of benzene rings is 2. The number of anilines is 6. The number of nitrogens with one attached hydrogen (secondary N) is 3. The molecular weight excluding hydrogens is 1200 g/mol. The zero-order valence-electron chi connectivity index (χ0n) is 48.3. The van der Waals surface area contributed by atoms with Crippen molar-refractivity contribution in [2.45, 2.75) is 117 Å². The minimum absolute atomic E-state index is 0.0153. The Morgan fingerprint density at radius 2 is 1.03 bits per heavy atom. The van der Waals surface area contributed by atoms with Gasteiger partial charge in [-0.25, -0.2) is 13.6 Å². The fourth-order valence-corrected chi connectivity index (χ4v) is 11.4. The highest BCUT2D eigenvalue weighted by Crippen LogP contribution is 2.36. The van der Waals surface area contributed by atoms with Crippen molar-refractivity contribution in [1.82, 2.24) is 48.5 Å². The fourth-order valence-electron chi connectivity index (χ4n) is 10.9. The van der Waals surface area contributed by atoms with Gasteiger partial charge in [-0.2, -0.15) is 45.3 Å². The van der Waals surface area contributed by atoms with E-state index in [9.17, 15) is 59.1 Å². The molecule has 3 amide bonds. The smallest absolute Gasteiger partial charge is 0.416 e. The van der Waals surface area contributed by atoms with Crippen LogP contribution in [0, 0.1) is 0 Å². The monoisotopic (exact) mass is 1270 g/mol. The van der Waals surface area contributed by atoms with Crippen molar-refractivity contribution in [3.63, 3.8) is 0 Å². The Balaban J connectivity index is 0.000000210. The second-order valence-corrected chi connectivity index (χ2v) is 23.2. The third kappa shape index (κ3) is 14.6. The molecule has 4 aliphatic heterocycles. The van der Waals surface area contributed by atoms with E-state index in [1.54, 1.807) is 40.0 Å². The number of hydrogen-bond acceptors (Lipinski definition) is 15. The number of fused-ring (bicyclic) bond motifs is 2. The van der Waals surface area contributed by atoms with Gasteiger partial charge in [0.15, 0.2) is 0 Å². The lowest BCUT2D eigenvalue weighted by atomic mass is 10.1. The molecule has 3 N–H and O–H groups in total. The van der Waals surface area contributed by atoms with Gasteiger partial charge < -0.3 is 54.3 Å². The Labute approximate surface area is 503 Å². The normalized spacial score (nSPS) is 18.0. The first-order valence-electron chi connectivity index (χ1n) is 28.5. The molecule has 0 saturated carbocycles. The number of piperazine rings is 2. The van der Waals surface area contributed by atoms with E-state index in [0.717, 1.165) is 45.4 Å². The van der Waals surface area contributed by atoms with E-state index in [4.69, 9.17) is 27.9 Å². The van der Waals surface area contributed by atoms with Gasteiger partial charge in [0, 0.05) is 65.4 Å². The summed E-state index contributed by atoms with van der Waals surface area (Å²) in [5.41, 5.74) is -1.76. The van der Waals surface area contributed by atoms with Crippen LogP contribution < -0.4 is 46.7 Å². The molecule has 4 saturated heterocycles. The van der Waals surface area contributed by atoms with Crippen LogP contribution in [0.25, 0.3) is 11.6 Å². The van der Waals surface area contributed by atoms with Crippen LogP contribution in [0.4, 0.5) is 74.6 Å². The topological polar surface area (TPSA) is 217 Å². The van der Waals surface area contributed by atoms with Crippen molar-refractivity contribution >= 4 is 87.3 Å². The molecule has 0 unspecified atom stereocenters. The van der Waals surface area contributed by atoms with E-state index >= 15 is 0 Å². The summed E-state index contributed by atoms with van der Waals surface area (Å²) in [5, 5.41) is 16.7. The van der Waals surface area contributed by atoms with Gasteiger partial charge in [0.05, 0.1) is 57.0 Å². The minimum atomic E-state index is -4.61. The zero-order valence-corrected chi connectivity index (χ0v) is 49.8. The number of alkyl halides is 8. The predicted octanol–water partition coefficient (Wildman–Crippen LogP) is 7.87. The summed E-state index contributed by atoms with van der Waals surface area (Å²) < 4.78 is 118. The summed E-state index contributed by atoms with van der Waals surface area (Å²) in [6.07, 6.45) is -9.07. The molecular formula is C55H66Cl2F8N16O6. The van der Waals surface area contributed by atoms with E-state index in [1.165, 1.54) is 4.57 Å². The number of piperidine rings is 2. The van der Waals surface area contributed by atoms with Crippen LogP contribution in [0.1, 0.15) is 82.8 Å². The van der Waals surface area contributed by atoms with Crippen molar-refractivity contribution in [3.8, 4) is 0 Å². The fraction of sp³-hybridized carbons (Fsp3) is 0.545. The van der Waals surface area contributed by atoms with E-state index in [1.807, 2.05) is 23.6 Å². The van der Waals surface area contributed by atoms with Crippen LogP contribution in [0.5, 0.6) is 0 Å². The number of carbonyl (C=O) groups is 3. The maximum atomic E-state index is 14.3. The van der Waals surface area contributed by atoms with Crippen LogP contribution in [-0.4, -0.2) is 158 Å². The van der Waals surface area contributed by atoms with Gasteiger partial charge in [-0.3, -0.25) is 19.2 Å². The van der Waals surface area contributed by atoms with E-state index in [2.05, 4.69) is 36.1 Å². The number of nitrogens with zero attached hydrogens (tertiary/aromatic N) is 13. The molecule has 22 nitrogen and oxygen atoms in total. The van der Waals surface area contributed by atoms with Gasteiger partial charge in [-0.15, -0.1) is 10.2 Å². The molecule has 0 spiro atoms. The predicted molar refractivity (Wildman–Crippen MR) is 311 cm³/mol. The second-order valence-electron chi connectivity index (χ2n) is 22.4. The lowest BCUT2D eigenvalue weighted by Gasteiger charge is -2.37. The van der Waals surface area contributed by atoms with Crippen LogP contribution >= 0.6 is 23.2 Å². The van der Waals surface area contributed by atoms with Crippen molar-refractivity contribution in [2.24, 2.45) is 0 Å². The Morgan fingerprint density at radius 3 is 1.40 bits per heavy atom. The quantitative estimate of drug-likeness (QED) is 0.0994. The Morgan fingerprint density at radius 1 is 0.621 bits per heavy atom. The lowest BCUT2D eigenvalue weighted by Crippen LogP contribution is -2.51. The molecule has 2 aromatic carbocycles. The SMILES string of the molecule is CCc1c(N2CCN(C(=O)OC(C)(C)C)CC2)c(=O)n2nc(N3CCC[C@@H](F)C3)nc2n1CC(=O)Nc1ccc(C(F)(F)F)cc1Cl.CCc1c(N2CCNCC2)c(=O)n2nc(N3CCC[C@@H](F)C3)nc2n1CC(=O)Nc1ccc(C(F)(F)F)cc1Cl. The maximum absolute atomic E-state index is 14.3. The second kappa shape index (κ2) is 26.1. The maximum Gasteiger partial charge on any atom is 0.416 e. The van der Waals surface area contributed by atoms with Gasteiger partial charge in [0.25, 0.3) is 11.1 Å². The molecule has 32 heteroatoms. The first kappa shape index (κ1) is 64.0. The van der Waals surface area contributed by atoms with Crippen molar-refractivity contribution in [3.05, 3.63) is 89.7 Å². The van der Waals surface area contributed by atoms with E-state index in [0.29, 0.717) is 94.9 Å². The number of carbonyl (C=O) groups excluding carboxylic acids is 3. The molecule has 0 aliphatic carbocycles. The van der Waals surface area contributed by atoms with Crippen LogP contribution in [-0.2, 0) is 52.6 Å². The Hall–Kier alpha value is -7.47. The zero-order chi connectivity index (χ0) is 62.9. The first-order chi connectivity index (χ1) is 41.1. The standard InChI is InChI=1S/C30H37ClF4N8O4.C25H29ClF4N8O2/c1-5-22-24(39-11-13-40(14-12-39)28(46)47-29(2,3)4)25(45)43-27(37-26(38-43)41-10-6-7-19(32)16-41)42(22)17-23(44)36-21-9-8-18(15-20(21)31)30(33,34)35;1-2-19-21(35-10-7-31-8-11-35)22(40)38-24(33-23(34-38)36-9-3-4-16(27)13-36)37(19)14-20(39)32-18-6-5-15(12-17(18)26)25(28,29)30/h8-9,15,19H,5-7,10-14,16-17H2,1-4H3,(H,36,44);5-6,12,16,31H,2-4,7-11,13-14H2,1H3,(H,32,39)/t19-;16-/m11/s1. The number of aromatic nitrogens is 8. The lowest BCUT2D eigenvalue weighted by molar-refractivity contribution is -0.138. The Kier molecular flexibility index (Phi) is 19.2. The number of hydrogen-bond donors (Lipinski definition) is 3. The highest BCUT2D eigenvalue weighted by Gasteiger charge is 2.35. The van der Waals surface area contributed by atoms with Gasteiger partial charge in [-0.1, -0.05) is 37.0 Å². The molecule has 87 heavy (non-hydrogen) atoms. The summed E-state index contributed by atoms with van der Waals surface area (Å²) in [6, 6.07) is 5.28. The average molecular weight is 1270 g/mol. The number of halogens is 10. The molecule has 8 heterocycles. The number of ether oxygens (including phenoxy) is 1. The minimum Gasteiger partial charge on any atom is -0.444 e. The first-order valence-corrected chi connectivity index (χ1v) is 29.2. The molecule has 0 bridgehead atoms. The molecule has 10 rings (SSSR count). The summed E-state index contributed by atoms with van der Waals surface area (Å²) in [5.74, 6) is -0.728. The largest absolute Gasteiger partial charge is 0.444 e. The summed E-state index contributed by atoms with van der Waals surface area (Å²) in [7, 11) is 0. The molecule has 472 valence electrons. The molecule has 0 radical (unpaired) electrons. The van der Waals surface area contributed by atoms with Crippen molar-refractivity contribution < 1.29 is 54.2 Å². The van der Waals surface area contributed by atoms with Gasteiger partial charge >= 0.3 is 18.4 Å². The van der Waals surface area contributed by atoms with Crippen LogP contribution in [0.15, 0.2) is 46.0 Å². The Bertz CT molecular complexity index is 3650. The van der Waals surface area contributed by atoms with Gasteiger partial charge in [0.2, 0.25) is 35.3 Å². The molecule has 4 aliphatic rings. The van der Waals surface area contributed by atoms with Crippen molar-refractivity contribution in [2.75, 3.05) is 109 Å².